The average Bonchev–Trinajstić information content (AvgIpc) is 3.09. The summed E-state index contributed by atoms with van der Waals surface area (Å²) in [6.07, 6.45) is 0. The molecule has 1 aromatic heterocycles. The number of amides is 1. The van der Waals surface area contributed by atoms with Crippen LogP contribution in [0.15, 0.2) is 53.1 Å². The van der Waals surface area contributed by atoms with Crippen LogP contribution in [0.2, 0.25) is 0 Å². The van der Waals surface area contributed by atoms with Crippen molar-refractivity contribution in [3.8, 4) is 22.8 Å². The third-order valence-electron chi connectivity index (χ3n) is 4.30. The highest BCUT2D eigenvalue weighted by atomic mass is 16.5. The van der Waals surface area contributed by atoms with Crippen molar-refractivity contribution in [2.75, 3.05) is 21.3 Å². The maximum absolute atomic E-state index is 13.1. The Kier molecular flexibility index (Phi) is 5.45. The predicted molar refractivity (Wildman–Crippen MR) is 102 cm³/mol. The molecule has 3 rings (SSSR count). The number of carbonyl (C=O) groups excluding carboxylic acids is 1. The van der Waals surface area contributed by atoms with Gasteiger partial charge in [-0.2, -0.15) is 0 Å². The molecule has 0 aliphatic heterocycles. The molecule has 0 aliphatic rings. The predicted octanol–water partition coefficient (Wildman–Crippen LogP) is 3.94. The molecule has 2 aromatic carbocycles. The fraction of sp³-hybridized carbons (Fsp3) is 0.238. The van der Waals surface area contributed by atoms with E-state index >= 15 is 0 Å². The van der Waals surface area contributed by atoms with Crippen LogP contribution < -0.4 is 9.47 Å². The summed E-state index contributed by atoms with van der Waals surface area (Å²) < 4.78 is 16.1. The van der Waals surface area contributed by atoms with Gasteiger partial charge in [-0.3, -0.25) is 4.79 Å². The first-order valence-electron chi connectivity index (χ1n) is 8.52. The van der Waals surface area contributed by atoms with Gasteiger partial charge >= 0.3 is 0 Å². The number of rotatable bonds is 6. The Hall–Kier alpha value is -3.28. The van der Waals surface area contributed by atoms with Crippen LogP contribution in [0.4, 0.5) is 0 Å². The molecular formula is C21H22N2O4. The van der Waals surface area contributed by atoms with Crippen LogP contribution in [0.5, 0.6) is 11.5 Å². The Labute approximate surface area is 158 Å². The van der Waals surface area contributed by atoms with E-state index in [1.165, 1.54) is 0 Å². The van der Waals surface area contributed by atoms with Crippen molar-refractivity contribution in [2.24, 2.45) is 0 Å². The van der Waals surface area contributed by atoms with E-state index in [0.717, 1.165) is 5.56 Å². The molecule has 0 unspecified atom stereocenters. The van der Waals surface area contributed by atoms with Crippen molar-refractivity contribution < 1.29 is 18.8 Å². The zero-order valence-corrected chi connectivity index (χ0v) is 15.9. The molecule has 3 aromatic rings. The van der Waals surface area contributed by atoms with Crippen LogP contribution in [0, 0.1) is 6.92 Å². The Morgan fingerprint density at radius 2 is 1.70 bits per heavy atom. The van der Waals surface area contributed by atoms with Gasteiger partial charge in [-0.15, -0.1) is 0 Å². The highest BCUT2D eigenvalue weighted by Crippen LogP contribution is 2.33. The largest absolute Gasteiger partial charge is 0.497 e. The minimum atomic E-state index is -0.158. The van der Waals surface area contributed by atoms with Crippen LogP contribution in [-0.4, -0.2) is 37.2 Å². The quantitative estimate of drug-likeness (QED) is 0.661. The topological polar surface area (TPSA) is 64.8 Å². The zero-order valence-electron chi connectivity index (χ0n) is 15.9. The molecule has 0 spiro atoms. The van der Waals surface area contributed by atoms with Crippen molar-refractivity contribution >= 4 is 5.91 Å². The summed E-state index contributed by atoms with van der Waals surface area (Å²) in [4.78, 5) is 14.7. The maximum atomic E-state index is 13.1. The van der Waals surface area contributed by atoms with Crippen molar-refractivity contribution in [1.29, 1.82) is 0 Å². The normalized spacial score (nSPS) is 10.5. The van der Waals surface area contributed by atoms with Gasteiger partial charge in [-0.1, -0.05) is 35.5 Å². The Balaban J connectivity index is 1.96. The number of methoxy groups -OCH3 is 2. The summed E-state index contributed by atoms with van der Waals surface area (Å²) in [5.41, 5.74) is 2.69. The van der Waals surface area contributed by atoms with E-state index in [0.29, 0.717) is 40.6 Å². The van der Waals surface area contributed by atoms with E-state index < -0.39 is 0 Å². The summed E-state index contributed by atoms with van der Waals surface area (Å²) >= 11 is 0. The highest BCUT2D eigenvalue weighted by molar-refractivity contribution is 6.00. The first-order chi connectivity index (χ1) is 13.0. The number of hydrogen-bond acceptors (Lipinski definition) is 5. The second-order valence-electron chi connectivity index (χ2n) is 6.22. The van der Waals surface area contributed by atoms with Crippen molar-refractivity contribution in [1.82, 2.24) is 10.1 Å². The highest BCUT2D eigenvalue weighted by Gasteiger charge is 2.25. The van der Waals surface area contributed by atoms with Crippen LogP contribution in [0.25, 0.3) is 11.3 Å². The van der Waals surface area contributed by atoms with Crippen LogP contribution in [0.3, 0.4) is 0 Å². The molecule has 0 fully saturated rings. The van der Waals surface area contributed by atoms with Gasteiger partial charge in [0.15, 0.2) is 5.76 Å². The molecule has 27 heavy (non-hydrogen) atoms. The molecule has 0 saturated heterocycles. The SMILES string of the molecule is COc1cc(OC)cc(-c2onc(C)c2C(=O)N(C)Cc2ccccc2)c1. The molecule has 140 valence electrons. The smallest absolute Gasteiger partial charge is 0.259 e. The molecule has 0 saturated carbocycles. The minimum Gasteiger partial charge on any atom is -0.497 e. The Morgan fingerprint density at radius 1 is 1.07 bits per heavy atom. The lowest BCUT2D eigenvalue weighted by atomic mass is 10.0. The number of aryl methyl sites for hydroxylation is 1. The van der Waals surface area contributed by atoms with E-state index in [2.05, 4.69) is 5.16 Å². The van der Waals surface area contributed by atoms with Crippen molar-refractivity contribution in [3.63, 3.8) is 0 Å². The summed E-state index contributed by atoms with van der Waals surface area (Å²) in [5, 5.41) is 4.01. The minimum absolute atomic E-state index is 0.158. The van der Waals surface area contributed by atoms with Gasteiger partial charge in [0.05, 0.1) is 19.9 Å². The number of nitrogens with zero attached hydrogens (tertiary/aromatic N) is 2. The van der Waals surface area contributed by atoms with Gasteiger partial charge < -0.3 is 18.9 Å². The third kappa shape index (κ3) is 3.95. The third-order valence-corrected chi connectivity index (χ3v) is 4.30. The fourth-order valence-corrected chi connectivity index (χ4v) is 2.88. The van der Waals surface area contributed by atoms with Gasteiger partial charge in [-0.25, -0.2) is 0 Å². The Morgan fingerprint density at radius 3 is 2.30 bits per heavy atom. The lowest BCUT2D eigenvalue weighted by Crippen LogP contribution is -2.26. The number of aromatic nitrogens is 1. The van der Waals surface area contributed by atoms with E-state index in [1.807, 2.05) is 30.3 Å². The molecule has 0 N–H and O–H groups in total. The first kappa shape index (κ1) is 18.5. The average molecular weight is 366 g/mol. The standard InChI is InChI=1S/C21H22N2O4/c1-14-19(21(24)23(2)13-15-8-6-5-7-9-15)20(27-22-14)16-10-17(25-3)12-18(11-16)26-4/h5-12H,13H2,1-4H3. The van der Waals surface area contributed by atoms with E-state index in [4.69, 9.17) is 14.0 Å². The fourth-order valence-electron chi connectivity index (χ4n) is 2.88. The number of benzene rings is 2. The molecule has 0 atom stereocenters. The second-order valence-corrected chi connectivity index (χ2v) is 6.22. The molecule has 0 radical (unpaired) electrons. The summed E-state index contributed by atoms with van der Waals surface area (Å²) in [6, 6.07) is 15.2. The van der Waals surface area contributed by atoms with Gasteiger partial charge in [0, 0.05) is 25.2 Å². The summed E-state index contributed by atoms with van der Waals surface area (Å²) in [5.74, 6) is 1.45. The van der Waals surface area contributed by atoms with Crippen LogP contribution in [0.1, 0.15) is 21.6 Å². The Bertz CT molecular complexity index is 912. The van der Waals surface area contributed by atoms with E-state index in [1.54, 1.807) is 51.3 Å². The van der Waals surface area contributed by atoms with Gasteiger partial charge in [-0.05, 0) is 24.6 Å². The lowest BCUT2D eigenvalue weighted by Gasteiger charge is -2.17. The van der Waals surface area contributed by atoms with Gasteiger partial charge in [0.1, 0.15) is 17.1 Å². The molecule has 6 heteroatoms. The van der Waals surface area contributed by atoms with E-state index in [-0.39, 0.29) is 5.91 Å². The monoisotopic (exact) mass is 366 g/mol. The van der Waals surface area contributed by atoms with Gasteiger partial charge in [0.25, 0.3) is 5.91 Å². The van der Waals surface area contributed by atoms with Crippen LogP contribution >= 0.6 is 0 Å². The molecule has 1 heterocycles. The molecule has 0 aliphatic carbocycles. The first-order valence-corrected chi connectivity index (χ1v) is 8.52. The summed E-state index contributed by atoms with van der Waals surface area (Å²) in [6.45, 7) is 2.25. The number of carbonyl (C=O) groups is 1. The van der Waals surface area contributed by atoms with E-state index in [9.17, 15) is 4.79 Å². The van der Waals surface area contributed by atoms with Crippen LogP contribution in [-0.2, 0) is 6.54 Å². The number of ether oxygens (including phenoxy) is 2. The van der Waals surface area contributed by atoms with Crippen molar-refractivity contribution in [2.45, 2.75) is 13.5 Å². The van der Waals surface area contributed by atoms with Gasteiger partial charge in [0.2, 0.25) is 0 Å². The molecule has 0 bridgehead atoms. The maximum Gasteiger partial charge on any atom is 0.259 e. The number of hydrogen-bond donors (Lipinski definition) is 0. The molecule has 6 nitrogen and oxygen atoms in total. The lowest BCUT2D eigenvalue weighted by molar-refractivity contribution is 0.0784. The van der Waals surface area contributed by atoms with Crippen molar-refractivity contribution in [3.05, 3.63) is 65.4 Å². The summed E-state index contributed by atoms with van der Waals surface area (Å²) in [7, 11) is 4.91. The zero-order chi connectivity index (χ0) is 19.4. The second kappa shape index (κ2) is 7.95. The molecule has 1 amide bonds. The molecular weight excluding hydrogens is 344 g/mol.